The van der Waals surface area contributed by atoms with Crippen LogP contribution in [-0.2, 0) is 17.9 Å². The van der Waals surface area contributed by atoms with Crippen LogP contribution >= 0.6 is 11.3 Å². The van der Waals surface area contributed by atoms with Gasteiger partial charge in [0.25, 0.3) is 0 Å². The Kier molecular flexibility index (Phi) is 7.51. The molecule has 0 atom stereocenters. The van der Waals surface area contributed by atoms with Crippen LogP contribution in [-0.4, -0.2) is 38.7 Å². The van der Waals surface area contributed by atoms with Gasteiger partial charge in [0.15, 0.2) is 0 Å². The van der Waals surface area contributed by atoms with Crippen LogP contribution < -0.4 is 5.32 Å². The van der Waals surface area contributed by atoms with Crippen molar-refractivity contribution in [2.45, 2.75) is 33.4 Å². The van der Waals surface area contributed by atoms with Crippen molar-refractivity contribution in [3.63, 3.8) is 0 Å². The maximum Gasteiger partial charge on any atom is 0.0727 e. The van der Waals surface area contributed by atoms with Crippen LogP contribution in [0.15, 0.2) is 6.07 Å². The Labute approximate surface area is 115 Å². The number of thiophene rings is 1. The van der Waals surface area contributed by atoms with Crippen molar-refractivity contribution < 1.29 is 4.74 Å². The molecule has 0 aliphatic carbocycles. The monoisotopic (exact) mass is 270 g/mol. The zero-order valence-electron chi connectivity index (χ0n) is 12.1. The summed E-state index contributed by atoms with van der Waals surface area (Å²) in [7, 11) is 4.19. The Morgan fingerprint density at radius 2 is 2.17 bits per heavy atom. The van der Waals surface area contributed by atoms with E-state index in [2.05, 4.69) is 44.2 Å². The normalized spacial score (nSPS) is 11.4. The van der Waals surface area contributed by atoms with Crippen LogP contribution in [0, 0.1) is 6.92 Å². The third kappa shape index (κ3) is 5.96. The molecule has 0 aliphatic rings. The van der Waals surface area contributed by atoms with E-state index in [9.17, 15) is 0 Å². The third-order valence-electron chi connectivity index (χ3n) is 2.77. The molecule has 1 N–H and O–H groups in total. The van der Waals surface area contributed by atoms with Crippen LogP contribution in [0.5, 0.6) is 0 Å². The highest BCUT2D eigenvalue weighted by Gasteiger charge is 2.05. The summed E-state index contributed by atoms with van der Waals surface area (Å²) in [5.41, 5.74) is 1.35. The molecule has 0 bridgehead atoms. The standard InChI is InChI=1S/C14H26N2OS/c1-5-15-10-14-9-13(12(2)18-14)11-17-8-6-7-16(3)4/h9,15H,5-8,10-11H2,1-4H3. The molecule has 0 saturated carbocycles. The van der Waals surface area contributed by atoms with Crippen molar-refractivity contribution >= 4 is 11.3 Å². The van der Waals surface area contributed by atoms with Crippen molar-refractivity contribution in [1.82, 2.24) is 10.2 Å². The second kappa shape index (κ2) is 8.64. The molecule has 0 saturated heterocycles. The first-order valence-corrected chi connectivity index (χ1v) is 7.46. The van der Waals surface area contributed by atoms with Gasteiger partial charge in [0.1, 0.15) is 0 Å². The van der Waals surface area contributed by atoms with Crippen LogP contribution in [0.3, 0.4) is 0 Å². The first-order chi connectivity index (χ1) is 8.63. The molecule has 1 rings (SSSR count). The van der Waals surface area contributed by atoms with E-state index in [4.69, 9.17) is 4.74 Å². The summed E-state index contributed by atoms with van der Waals surface area (Å²) in [4.78, 5) is 4.98. The van der Waals surface area contributed by atoms with Gasteiger partial charge in [-0.2, -0.15) is 0 Å². The van der Waals surface area contributed by atoms with Crippen molar-refractivity contribution in [1.29, 1.82) is 0 Å². The highest BCUT2D eigenvalue weighted by molar-refractivity contribution is 7.12. The molecule has 0 radical (unpaired) electrons. The first-order valence-electron chi connectivity index (χ1n) is 6.64. The Bertz CT molecular complexity index is 337. The lowest BCUT2D eigenvalue weighted by Crippen LogP contribution is -2.14. The van der Waals surface area contributed by atoms with Crippen molar-refractivity contribution in [3.8, 4) is 0 Å². The summed E-state index contributed by atoms with van der Waals surface area (Å²) < 4.78 is 5.73. The van der Waals surface area contributed by atoms with Crippen molar-refractivity contribution in [2.24, 2.45) is 0 Å². The number of rotatable bonds is 9. The summed E-state index contributed by atoms with van der Waals surface area (Å²) in [5, 5.41) is 3.36. The van der Waals surface area contributed by atoms with E-state index in [-0.39, 0.29) is 0 Å². The number of hydrogen-bond donors (Lipinski definition) is 1. The zero-order chi connectivity index (χ0) is 13.4. The number of nitrogens with one attached hydrogen (secondary N) is 1. The van der Waals surface area contributed by atoms with E-state index in [0.717, 1.165) is 39.3 Å². The summed E-state index contributed by atoms with van der Waals surface area (Å²) >= 11 is 1.87. The fraction of sp³-hybridized carbons (Fsp3) is 0.714. The van der Waals surface area contributed by atoms with E-state index >= 15 is 0 Å². The molecule has 0 aliphatic heterocycles. The molecule has 1 aromatic heterocycles. The third-order valence-corrected chi connectivity index (χ3v) is 3.87. The molecular formula is C14H26N2OS. The van der Waals surface area contributed by atoms with E-state index in [1.807, 2.05) is 11.3 Å². The van der Waals surface area contributed by atoms with E-state index in [1.54, 1.807) is 0 Å². The first kappa shape index (κ1) is 15.6. The minimum absolute atomic E-state index is 0.752. The van der Waals surface area contributed by atoms with Gasteiger partial charge >= 0.3 is 0 Å². The zero-order valence-corrected chi connectivity index (χ0v) is 12.9. The predicted octanol–water partition coefficient (Wildman–Crippen LogP) is 2.63. The highest BCUT2D eigenvalue weighted by atomic mass is 32.1. The molecule has 0 amide bonds. The molecule has 1 heterocycles. The Hall–Kier alpha value is -0.420. The second-order valence-corrected chi connectivity index (χ2v) is 6.12. The van der Waals surface area contributed by atoms with Gasteiger partial charge in [-0.1, -0.05) is 6.92 Å². The lowest BCUT2D eigenvalue weighted by molar-refractivity contribution is 0.113. The molecular weight excluding hydrogens is 244 g/mol. The molecule has 4 heteroatoms. The largest absolute Gasteiger partial charge is 0.377 e. The van der Waals surface area contributed by atoms with Gasteiger partial charge in [0.2, 0.25) is 0 Å². The van der Waals surface area contributed by atoms with Crippen LogP contribution in [0.2, 0.25) is 0 Å². The van der Waals surface area contributed by atoms with E-state index < -0.39 is 0 Å². The molecule has 18 heavy (non-hydrogen) atoms. The Morgan fingerprint density at radius 3 is 2.83 bits per heavy atom. The summed E-state index contributed by atoms with van der Waals surface area (Å²) in [6.45, 7) is 9.00. The quantitative estimate of drug-likeness (QED) is 0.698. The van der Waals surface area contributed by atoms with Gasteiger partial charge in [0.05, 0.1) is 6.61 Å². The van der Waals surface area contributed by atoms with Gasteiger partial charge in [-0.3, -0.25) is 0 Å². The van der Waals surface area contributed by atoms with Gasteiger partial charge in [-0.15, -0.1) is 11.3 Å². The molecule has 0 aromatic carbocycles. The smallest absolute Gasteiger partial charge is 0.0727 e. The molecule has 0 unspecified atom stereocenters. The maximum atomic E-state index is 5.73. The molecule has 0 fully saturated rings. The fourth-order valence-corrected chi connectivity index (χ4v) is 2.75. The number of ether oxygens (including phenoxy) is 1. The fourth-order valence-electron chi connectivity index (χ4n) is 1.73. The lowest BCUT2D eigenvalue weighted by Gasteiger charge is -2.09. The maximum absolute atomic E-state index is 5.73. The minimum atomic E-state index is 0.752. The summed E-state index contributed by atoms with van der Waals surface area (Å²) in [5.74, 6) is 0. The van der Waals surface area contributed by atoms with Gasteiger partial charge in [0, 0.05) is 22.9 Å². The minimum Gasteiger partial charge on any atom is -0.377 e. The average Bonchev–Trinajstić information content (AvgIpc) is 2.67. The van der Waals surface area contributed by atoms with Gasteiger partial charge < -0.3 is 15.0 Å². The van der Waals surface area contributed by atoms with E-state index in [0.29, 0.717) is 0 Å². The molecule has 104 valence electrons. The Balaban J connectivity index is 2.26. The highest BCUT2D eigenvalue weighted by Crippen LogP contribution is 2.22. The molecule has 0 spiro atoms. The summed E-state index contributed by atoms with van der Waals surface area (Å²) in [6.07, 6.45) is 1.10. The topological polar surface area (TPSA) is 24.5 Å². The number of nitrogens with zero attached hydrogens (tertiary/aromatic N) is 1. The van der Waals surface area contributed by atoms with Crippen LogP contribution in [0.1, 0.15) is 28.7 Å². The number of hydrogen-bond acceptors (Lipinski definition) is 4. The van der Waals surface area contributed by atoms with Gasteiger partial charge in [-0.25, -0.2) is 0 Å². The van der Waals surface area contributed by atoms with Crippen LogP contribution in [0.4, 0.5) is 0 Å². The van der Waals surface area contributed by atoms with E-state index in [1.165, 1.54) is 15.3 Å². The predicted molar refractivity (Wildman–Crippen MR) is 79.3 cm³/mol. The van der Waals surface area contributed by atoms with Crippen LogP contribution in [0.25, 0.3) is 0 Å². The second-order valence-electron chi connectivity index (χ2n) is 4.78. The molecule has 3 nitrogen and oxygen atoms in total. The molecule has 1 aromatic rings. The lowest BCUT2D eigenvalue weighted by atomic mass is 10.2. The summed E-state index contributed by atoms with van der Waals surface area (Å²) in [6, 6.07) is 2.27. The SMILES string of the molecule is CCNCc1cc(COCCCN(C)C)c(C)s1. The van der Waals surface area contributed by atoms with Gasteiger partial charge in [-0.05, 0) is 52.2 Å². The van der Waals surface area contributed by atoms with Crippen molar-refractivity contribution in [2.75, 3.05) is 33.8 Å². The number of aryl methyl sites for hydroxylation is 1. The Morgan fingerprint density at radius 1 is 1.39 bits per heavy atom. The van der Waals surface area contributed by atoms with Crippen molar-refractivity contribution in [3.05, 3.63) is 21.4 Å². The average molecular weight is 270 g/mol.